The van der Waals surface area contributed by atoms with Crippen LogP contribution < -0.4 is 10.1 Å². The van der Waals surface area contributed by atoms with Crippen LogP contribution in [-0.4, -0.2) is 16.0 Å². The molecule has 29 heavy (non-hydrogen) atoms. The molecule has 0 saturated heterocycles. The van der Waals surface area contributed by atoms with E-state index in [-0.39, 0.29) is 5.75 Å². The van der Waals surface area contributed by atoms with Gasteiger partial charge in [-0.05, 0) is 73.5 Å². The Morgan fingerprint density at radius 2 is 1.72 bits per heavy atom. The van der Waals surface area contributed by atoms with Crippen molar-refractivity contribution in [1.29, 1.82) is 0 Å². The Bertz CT molecular complexity index is 1130. The average Bonchev–Trinajstić information content (AvgIpc) is 2.73. The van der Waals surface area contributed by atoms with Gasteiger partial charge in [-0.3, -0.25) is 4.98 Å². The molecule has 5 heteroatoms. The lowest BCUT2D eigenvalue weighted by Crippen LogP contribution is -2.03. The average molecular weight is 405 g/mol. The van der Waals surface area contributed by atoms with Gasteiger partial charge in [-0.2, -0.15) is 0 Å². The minimum Gasteiger partial charge on any atom is -0.508 e. The number of aromatic nitrogens is 1. The minimum absolute atomic E-state index is 0.228. The van der Waals surface area contributed by atoms with Gasteiger partial charge in [0.2, 0.25) is 0 Å². The number of phenolic OH excluding ortho intramolecular Hbond substituents is 1. The predicted octanol–water partition coefficient (Wildman–Crippen LogP) is 6.57. The smallest absolute Gasteiger partial charge is 0.128 e. The maximum Gasteiger partial charge on any atom is 0.128 e. The molecule has 0 unspecified atom stereocenters. The van der Waals surface area contributed by atoms with Crippen LogP contribution in [0.25, 0.3) is 10.9 Å². The Kier molecular flexibility index (Phi) is 5.54. The second kappa shape index (κ2) is 8.41. The van der Waals surface area contributed by atoms with Gasteiger partial charge in [0.05, 0.1) is 11.2 Å². The zero-order valence-corrected chi connectivity index (χ0v) is 16.8. The molecular formula is C24H21ClN2O2. The van der Waals surface area contributed by atoms with E-state index in [0.29, 0.717) is 12.3 Å². The lowest BCUT2D eigenvalue weighted by molar-refractivity contribution is 0.475. The van der Waals surface area contributed by atoms with Gasteiger partial charge in [0.1, 0.15) is 17.2 Å². The molecule has 1 aromatic heterocycles. The van der Waals surface area contributed by atoms with Crippen molar-refractivity contribution in [2.75, 3.05) is 11.2 Å². The van der Waals surface area contributed by atoms with Crippen LogP contribution in [0.15, 0.2) is 72.8 Å². The lowest BCUT2D eigenvalue weighted by atomic mass is 10.0. The number of ether oxygens (including phenoxy) is 1. The number of anilines is 2. The Labute approximate surface area is 174 Å². The highest BCUT2D eigenvalue weighted by atomic mass is 35.5. The number of hydrogen-bond donors (Lipinski definition) is 2. The number of alkyl halides is 1. The van der Waals surface area contributed by atoms with Crippen molar-refractivity contribution >= 4 is 33.9 Å². The number of para-hydroxylation sites is 1. The van der Waals surface area contributed by atoms with Crippen molar-refractivity contribution in [3.8, 4) is 17.2 Å². The van der Waals surface area contributed by atoms with Gasteiger partial charge in [0.25, 0.3) is 0 Å². The van der Waals surface area contributed by atoms with E-state index in [4.69, 9.17) is 21.3 Å². The Morgan fingerprint density at radius 3 is 2.45 bits per heavy atom. The fourth-order valence-electron chi connectivity index (χ4n) is 3.32. The molecule has 0 bridgehead atoms. The highest BCUT2D eigenvalue weighted by Gasteiger charge is 2.14. The first-order chi connectivity index (χ1) is 14.1. The van der Waals surface area contributed by atoms with E-state index in [1.165, 1.54) is 0 Å². The monoisotopic (exact) mass is 404 g/mol. The van der Waals surface area contributed by atoms with Crippen molar-refractivity contribution in [3.63, 3.8) is 0 Å². The van der Waals surface area contributed by atoms with Crippen molar-refractivity contribution in [3.05, 3.63) is 84.1 Å². The third-order valence-electron chi connectivity index (χ3n) is 4.72. The maximum atomic E-state index is 9.58. The Balaban J connectivity index is 1.82. The number of aryl methyl sites for hydroxylation is 1. The summed E-state index contributed by atoms with van der Waals surface area (Å²) in [7, 11) is 0. The van der Waals surface area contributed by atoms with Gasteiger partial charge < -0.3 is 15.2 Å². The largest absolute Gasteiger partial charge is 0.508 e. The van der Waals surface area contributed by atoms with Crippen LogP contribution in [0.4, 0.5) is 11.4 Å². The van der Waals surface area contributed by atoms with Gasteiger partial charge in [0.15, 0.2) is 0 Å². The number of rotatable bonds is 6. The fraction of sp³-hybridized carbons (Fsp3) is 0.125. The SMILES string of the molecule is Cc1nc2ccc(Oc3ccccc3)cc2c(Nc2ccc(O)cc2)c1CCCl. The van der Waals surface area contributed by atoms with Crippen molar-refractivity contribution in [1.82, 2.24) is 4.98 Å². The summed E-state index contributed by atoms with van der Waals surface area (Å²) in [5.41, 5.74) is 4.72. The van der Waals surface area contributed by atoms with E-state index in [1.807, 2.05) is 67.6 Å². The molecule has 0 radical (unpaired) electrons. The number of nitrogens with zero attached hydrogens (tertiary/aromatic N) is 1. The second-order valence-corrected chi connectivity index (χ2v) is 7.13. The van der Waals surface area contributed by atoms with Gasteiger partial charge >= 0.3 is 0 Å². The first-order valence-electron chi connectivity index (χ1n) is 9.42. The summed E-state index contributed by atoms with van der Waals surface area (Å²) in [4.78, 5) is 4.76. The standard InChI is InChI=1S/C24H21ClN2O2/c1-16-21(13-14-25)24(27-17-7-9-18(28)10-8-17)22-15-20(11-12-23(22)26-16)29-19-5-3-2-4-6-19/h2-12,15,28H,13-14H2,1H3,(H,26,27). The number of benzene rings is 3. The third kappa shape index (κ3) is 4.28. The van der Waals surface area contributed by atoms with Gasteiger partial charge in [0, 0.05) is 22.6 Å². The van der Waals surface area contributed by atoms with Crippen molar-refractivity contribution < 1.29 is 9.84 Å². The maximum absolute atomic E-state index is 9.58. The molecule has 0 fully saturated rings. The molecule has 0 atom stereocenters. The number of pyridine rings is 1. The molecule has 4 aromatic rings. The molecule has 3 aromatic carbocycles. The number of aromatic hydroxyl groups is 1. The van der Waals surface area contributed by atoms with E-state index in [9.17, 15) is 5.11 Å². The first kappa shape index (κ1) is 19.1. The van der Waals surface area contributed by atoms with E-state index >= 15 is 0 Å². The predicted molar refractivity (Wildman–Crippen MR) is 119 cm³/mol. The molecule has 4 nitrogen and oxygen atoms in total. The van der Waals surface area contributed by atoms with Crippen LogP contribution in [0.1, 0.15) is 11.3 Å². The quantitative estimate of drug-likeness (QED) is 0.282. The van der Waals surface area contributed by atoms with Crippen LogP contribution in [-0.2, 0) is 6.42 Å². The highest BCUT2D eigenvalue weighted by molar-refractivity contribution is 6.18. The molecule has 0 aliphatic rings. The molecule has 0 saturated carbocycles. The zero-order valence-electron chi connectivity index (χ0n) is 16.0. The summed E-state index contributed by atoms with van der Waals surface area (Å²) in [5.74, 6) is 2.24. The lowest BCUT2D eigenvalue weighted by Gasteiger charge is -2.18. The van der Waals surface area contributed by atoms with Crippen LogP contribution in [0.2, 0.25) is 0 Å². The van der Waals surface area contributed by atoms with Gasteiger partial charge in [-0.25, -0.2) is 0 Å². The Hall–Kier alpha value is -3.24. The highest BCUT2D eigenvalue weighted by Crippen LogP contribution is 2.35. The molecule has 2 N–H and O–H groups in total. The molecule has 0 amide bonds. The summed E-state index contributed by atoms with van der Waals surface area (Å²) >= 11 is 6.08. The molecule has 1 heterocycles. The zero-order chi connectivity index (χ0) is 20.2. The molecular weight excluding hydrogens is 384 g/mol. The number of fused-ring (bicyclic) bond motifs is 1. The second-order valence-electron chi connectivity index (χ2n) is 6.76. The molecule has 0 spiro atoms. The summed E-state index contributed by atoms with van der Waals surface area (Å²) in [6, 6.07) is 22.6. The summed E-state index contributed by atoms with van der Waals surface area (Å²) in [6.07, 6.45) is 0.695. The van der Waals surface area contributed by atoms with Crippen molar-refractivity contribution in [2.24, 2.45) is 0 Å². The van der Waals surface area contributed by atoms with E-state index in [1.54, 1.807) is 12.1 Å². The first-order valence-corrected chi connectivity index (χ1v) is 9.95. The van der Waals surface area contributed by atoms with Crippen LogP contribution in [0, 0.1) is 6.92 Å². The molecule has 0 aliphatic carbocycles. The number of nitrogens with one attached hydrogen (secondary N) is 1. The molecule has 4 rings (SSSR count). The fourth-order valence-corrected chi connectivity index (χ4v) is 3.51. The number of phenols is 1. The summed E-state index contributed by atoms with van der Waals surface area (Å²) in [5, 5.41) is 14.0. The van der Waals surface area contributed by atoms with E-state index in [2.05, 4.69) is 5.32 Å². The topological polar surface area (TPSA) is 54.4 Å². The van der Waals surface area contributed by atoms with Crippen LogP contribution >= 0.6 is 11.6 Å². The number of hydrogen-bond acceptors (Lipinski definition) is 4. The Morgan fingerprint density at radius 1 is 0.966 bits per heavy atom. The minimum atomic E-state index is 0.228. The van der Waals surface area contributed by atoms with Crippen molar-refractivity contribution in [2.45, 2.75) is 13.3 Å². The number of halogens is 1. The van der Waals surface area contributed by atoms with Crippen LogP contribution in [0.3, 0.4) is 0 Å². The third-order valence-corrected chi connectivity index (χ3v) is 4.91. The normalized spacial score (nSPS) is 10.8. The van der Waals surface area contributed by atoms with Gasteiger partial charge in [-0.15, -0.1) is 11.6 Å². The van der Waals surface area contributed by atoms with Crippen LogP contribution in [0.5, 0.6) is 17.2 Å². The van der Waals surface area contributed by atoms with E-state index in [0.717, 1.165) is 45.0 Å². The molecule has 0 aliphatic heterocycles. The summed E-state index contributed by atoms with van der Waals surface area (Å²) < 4.78 is 6.02. The molecule has 146 valence electrons. The summed E-state index contributed by atoms with van der Waals surface area (Å²) in [6.45, 7) is 2.00. The van der Waals surface area contributed by atoms with Gasteiger partial charge in [-0.1, -0.05) is 18.2 Å². The van der Waals surface area contributed by atoms with E-state index < -0.39 is 0 Å².